The summed E-state index contributed by atoms with van der Waals surface area (Å²) in [4.78, 5) is 30.9. The van der Waals surface area contributed by atoms with Gasteiger partial charge in [-0.15, -0.1) is 6.58 Å². The molecular weight excluding hydrogens is 342 g/mol. The van der Waals surface area contributed by atoms with Gasteiger partial charge >= 0.3 is 0 Å². The van der Waals surface area contributed by atoms with Crippen molar-refractivity contribution in [1.82, 2.24) is 9.88 Å². The number of carbonyl (C=O) groups excluding carboxylic acids is 2. The minimum absolute atomic E-state index is 0.00700. The van der Waals surface area contributed by atoms with Gasteiger partial charge in [-0.05, 0) is 43.5 Å². The third-order valence-electron chi connectivity index (χ3n) is 4.45. The van der Waals surface area contributed by atoms with E-state index in [0.717, 1.165) is 6.42 Å². The molecule has 1 aliphatic rings. The summed E-state index contributed by atoms with van der Waals surface area (Å²) in [5.41, 5.74) is 0.566. The van der Waals surface area contributed by atoms with E-state index in [9.17, 15) is 9.59 Å². The first kappa shape index (κ1) is 18.6. The molecule has 0 spiro atoms. The first-order chi connectivity index (χ1) is 13.2. The van der Waals surface area contributed by atoms with Gasteiger partial charge in [-0.3, -0.25) is 14.6 Å². The lowest BCUT2D eigenvalue weighted by atomic mass is 10.1. The van der Waals surface area contributed by atoms with Crippen molar-refractivity contribution in [2.75, 3.05) is 11.9 Å². The van der Waals surface area contributed by atoms with Gasteiger partial charge in [0, 0.05) is 19.2 Å². The number of nitrogens with zero attached hydrogens (tertiary/aromatic N) is 2. The van der Waals surface area contributed by atoms with Crippen molar-refractivity contribution >= 4 is 17.5 Å². The second-order valence-electron chi connectivity index (χ2n) is 6.35. The first-order valence-electron chi connectivity index (χ1n) is 9.07. The highest BCUT2D eigenvalue weighted by Gasteiger charge is 2.33. The zero-order valence-corrected chi connectivity index (χ0v) is 15.1. The number of allylic oxidation sites excluding steroid dienone is 1. The molecule has 3 rings (SSSR count). The largest absolute Gasteiger partial charge is 0.454 e. The van der Waals surface area contributed by atoms with Crippen LogP contribution in [0.1, 0.15) is 25.7 Å². The number of pyridine rings is 1. The van der Waals surface area contributed by atoms with Crippen LogP contribution in [0.4, 0.5) is 5.69 Å². The minimum Gasteiger partial charge on any atom is -0.454 e. The maximum Gasteiger partial charge on any atom is 0.247 e. The molecule has 0 aliphatic carbocycles. The lowest BCUT2D eigenvalue weighted by Crippen LogP contribution is -2.43. The average Bonchev–Trinajstić information content (AvgIpc) is 3.18. The number of aromatic nitrogens is 1. The highest BCUT2D eigenvalue weighted by atomic mass is 16.5. The highest BCUT2D eigenvalue weighted by molar-refractivity contribution is 5.98. The van der Waals surface area contributed by atoms with Crippen molar-refractivity contribution in [3.8, 4) is 11.5 Å². The Bertz CT molecular complexity index is 807. The van der Waals surface area contributed by atoms with Crippen LogP contribution in [0.25, 0.3) is 0 Å². The molecular formula is C21H23N3O3. The molecule has 2 aromatic rings. The Hall–Kier alpha value is -3.15. The number of para-hydroxylation sites is 2. The van der Waals surface area contributed by atoms with Gasteiger partial charge in [-0.25, -0.2) is 0 Å². The fraction of sp³-hybridized carbons (Fsp3) is 0.286. The standard InChI is InChI=1S/C21H23N3O3/c1-2-3-12-20(25)24-14-7-10-18(24)21(26)23-17-9-4-5-11-19(17)27-16-8-6-13-22-15-16/h2,4-6,8-9,11,13,15,18H,1,3,7,10,12,14H2,(H,23,26). The molecule has 6 nitrogen and oxygen atoms in total. The molecule has 1 aliphatic heterocycles. The van der Waals surface area contributed by atoms with Crippen LogP contribution in [-0.2, 0) is 9.59 Å². The zero-order chi connectivity index (χ0) is 19.1. The van der Waals surface area contributed by atoms with E-state index in [1.165, 1.54) is 0 Å². The Morgan fingerprint density at radius 1 is 1.30 bits per heavy atom. The van der Waals surface area contributed by atoms with Crippen molar-refractivity contribution < 1.29 is 14.3 Å². The Labute approximate surface area is 158 Å². The maximum absolute atomic E-state index is 12.8. The molecule has 1 aromatic heterocycles. The number of likely N-dealkylation sites (tertiary alicyclic amines) is 1. The second kappa shape index (κ2) is 8.98. The monoisotopic (exact) mass is 365 g/mol. The molecule has 140 valence electrons. The van der Waals surface area contributed by atoms with Gasteiger partial charge in [-0.1, -0.05) is 18.2 Å². The number of amides is 2. The smallest absolute Gasteiger partial charge is 0.247 e. The normalized spacial score (nSPS) is 16.0. The number of ether oxygens (including phenoxy) is 1. The summed E-state index contributed by atoms with van der Waals surface area (Å²) in [5, 5.41) is 2.92. The molecule has 2 heterocycles. The molecule has 1 saturated heterocycles. The number of carbonyl (C=O) groups is 2. The molecule has 1 fully saturated rings. The number of nitrogens with one attached hydrogen (secondary N) is 1. The second-order valence-corrected chi connectivity index (χ2v) is 6.35. The van der Waals surface area contributed by atoms with Crippen molar-refractivity contribution in [3.63, 3.8) is 0 Å². The fourth-order valence-corrected chi connectivity index (χ4v) is 3.12. The Balaban J connectivity index is 1.70. The molecule has 27 heavy (non-hydrogen) atoms. The summed E-state index contributed by atoms with van der Waals surface area (Å²) in [6, 6.07) is 10.3. The van der Waals surface area contributed by atoms with Gasteiger partial charge in [-0.2, -0.15) is 0 Å². The molecule has 0 saturated carbocycles. The highest BCUT2D eigenvalue weighted by Crippen LogP contribution is 2.30. The molecule has 0 radical (unpaired) electrons. The third-order valence-corrected chi connectivity index (χ3v) is 4.45. The summed E-state index contributed by atoms with van der Waals surface area (Å²) in [5.74, 6) is 0.914. The Kier molecular flexibility index (Phi) is 6.20. The lowest BCUT2D eigenvalue weighted by Gasteiger charge is -2.24. The number of anilines is 1. The number of hydrogen-bond acceptors (Lipinski definition) is 4. The van der Waals surface area contributed by atoms with E-state index < -0.39 is 6.04 Å². The average molecular weight is 365 g/mol. The van der Waals surface area contributed by atoms with Crippen molar-refractivity contribution in [2.24, 2.45) is 0 Å². The maximum atomic E-state index is 12.8. The minimum atomic E-state index is -0.450. The van der Waals surface area contributed by atoms with Crippen molar-refractivity contribution in [3.05, 3.63) is 61.4 Å². The van der Waals surface area contributed by atoms with E-state index in [2.05, 4.69) is 16.9 Å². The van der Waals surface area contributed by atoms with Crippen molar-refractivity contribution in [1.29, 1.82) is 0 Å². The fourth-order valence-electron chi connectivity index (χ4n) is 3.12. The topological polar surface area (TPSA) is 71.5 Å². The number of rotatable bonds is 7. The summed E-state index contributed by atoms with van der Waals surface area (Å²) < 4.78 is 5.83. The van der Waals surface area contributed by atoms with Gasteiger partial charge in [0.25, 0.3) is 0 Å². The Morgan fingerprint density at radius 3 is 2.93 bits per heavy atom. The predicted molar refractivity (Wildman–Crippen MR) is 104 cm³/mol. The molecule has 2 amide bonds. The lowest BCUT2D eigenvalue weighted by molar-refractivity contribution is -0.136. The van der Waals surface area contributed by atoms with Gasteiger partial charge < -0.3 is 15.0 Å². The van der Waals surface area contributed by atoms with Crippen LogP contribution in [0.2, 0.25) is 0 Å². The van der Waals surface area contributed by atoms with E-state index in [0.29, 0.717) is 43.0 Å². The molecule has 6 heteroatoms. The molecule has 0 bridgehead atoms. The summed E-state index contributed by atoms with van der Waals surface area (Å²) in [7, 11) is 0. The van der Waals surface area contributed by atoms with Crippen LogP contribution in [0, 0.1) is 0 Å². The molecule has 1 unspecified atom stereocenters. The van der Waals surface area contributed by atoms with Crippen LogP contribution in [0.5, 0.6) is 11.5 Å². The zero-order valence-electron chi connectivity index (χ0n) is 15.1. The van der Waals surface area contributed by atoms with Gasteiger partial charge in [0.05, 0.1) is 11.9 Å². The van der Waals surface area contributed by atoms with E-state index >= 15 is 0 Å². The summed E-state index contributed by atoms with van der Waals surface area (Å²) in [6.07, 6.45) is 7.48. The first-order valence-corrected chi connectivity index (χ1v) is 9.07. The summed E-state index contributed by atoms with van der Waals surface area (Å²) >= 11 is 0. The molecule has 1 atom stereocenters. The van der Waals surface area contributed by atoms with Crippen LogP contribution in [0.15, 0.2) is 61.4 Å². The van der Waals surface area contributed by atoms with E-state index in [-0.39, 0.29) is 11.8 Å². The van der Waals surface area contributed by atoms with Crippen molar-refractivity contribution in [2.45, 2.75) is 31.7 Å². The summed E-state index contributed by atoms with van der Waals surface area (Å²) in [6.45, 7) is 4.26. The van der Waals surface area contributed by atoms with Crippen LogP contribution in [-0.4, -0.2) is 34.3 Å². The van der Waals surface area contributed by atoms with Gasteiger partial charge in [0.2, 0.25) is 11.8 Å². The van der Waals surface area contributed by atoms with Crippen LogP contribution < -0.4 is 10.1 Å². The number of benzene rings is 1. The van der Waals surface area contributed by atoms with E-state index in [1.807, 2.05) is 12.1 Å². The van der Waals surface area contributed by atoms with Crippen LogP contribution >= 0.6 is 0 Å². The predicted octanol–water partition coefficient (Wildman–Crippen LogP) is 3.77. The van der Waals surface area contributed by atoms with E-state index in [4.69, 9.17) is 4.74 Å². The van der Waals surface area contributed by atoms with Crippen LogP contribution in [0.3, 0.4) is 0 Å². The Morgan fingerprint density at radius 2 is 2.15 bits per heavy atom. The number of hydrogen-bond donors (Lipinski definition) is 1. The van der Waals surface area contributed by atoms with Gasteiger partial charge in [0.1, 0.15) is 11.8 Å². The van der Waals surface area contributed by atoms with E-state index in [1.54, 1.807) is 47.6 Å². The van der Waals surface area contributed by atoms with Gasteiger partial charge in [0.15, 0.2) is 5.75 Å². The quantitative estimate of drug-likeness (QED) is 0.758. The SMILES string of the molecule is C=CCCC(=O)N1CCCC1C(=O)Nc1ccccc1Oc1cccnc1. The third kappa shape index (κ3) is 4.73. The molecule has 1 N–H and O–H groups in total. The molecule has 1 aromatic carbocycles.